The number of nitrogens with zero attached hydrogens (tertiary/aromatic N) is 5. The lowest BCUT2D eigenvalue weighted by molar-refractivity contribution is 0.0925. The van der Waals surface area contributed by atoms with E-state index in [9.17, 15) is 4.79 Å². The molecule has 6 nitrogen and oxygen atoms in total. The van der Waals surface area contributed by atoms with E-state index in [0.717, 1.165) is 60.5 Å². The molecule has 0 aliphatic carbocycles. The predicted octanol–water partition coefficient (Wildman–Crippen LogP) is 3.91. The van der Waals surface area contributed by atoms with Gasteiger partial charge in [-0.05, 0) is 40.7 Å². The molecule has 1 saturated heterocycles. The molecule has 3 heterocycles. The maximum Gasteiger partial charge on any atom is 0.178 e. The van der Waals surface area contributed by atoms with Gasteiger partial charge in [0.1, 0.15) is 11.6 Å². The second kappa shape index (κ2) is 8.66. The molecule has 0 amide bonds. The highest BCUT2D eigenvalue weighted by Crippen LogP contribution is 2.22. The van der Waals surface area contributed by atoms with Crippen LogP contribution in [0.4, 0.5) is 5.82 Å². The van der Waals surface area contributed by atoms with E-state index in [1.165, 1.54) is 0 Å². The van der Waals surface area contributed by atoms with Crippen LogP contribution in [0.25, 0.3) is 0 Å². The molecule has 2 aromatic heterocycles. The van der Waals surface area contributed by atoms with Crippen molar-refractivity contribution >= 4 is 11.6 Å². The van der Waals surface area contributed by atoms with Crippen molar-refractivity contribution in [2.75, 3.05) is 37.6 Å². The van der Waals surface area contributed by atoms with E-state index < -0.39 is 0 Å². The summed E-state index contributed by atoms with van der Waals surface area (Å²) in [6, 6.07) is 4.48. The summed E-state index contributed by atoms with van der Waals surface area (Å²) in [4.78, 5) is 26.8. The predicted molar refractivity (Wildman–Crippen MR) is 118 cm³/mol. The van der Waals surface area contributed by atoms with Crippen LogP contribution in [-0.2, 0) is 0 Å². The monoisotopic (exact) mass is 397 g/mol. The fourth-order valence-electron chi connectivity index (χ4n) is 4.27. The van der Waals surface area contributed by atoms with Gasteiger partial charge >= 0.3 is 0 Å². The molecule has 0 spiro atoms. The van der Waals surface area contributed by atoms with Gasteiger partial charge in [0.25, 0.3) is 0 Å². The lowest BCUT2D eigenvalue weighted by Crippen LogP contribution is -2.48. The van der Waals surface area contributed by atoms with Crippen molar-refractivity contribution < 1.29 is 4.79 Å². The number of anilines is 1. The number of carbonyl (C=O) groups is 1. The Labute approximate surface area is 174 Å². The fourth-order valence-corrected chi connectivity index (χ4v) is 4.27. The fraction of sp³-hybridized carbons (Fsp3) is 0.609. The Balaban J connectivity index is 1.63. The Hall–Kier alpha value is -2.21. The molecule has 6 heteroatoms. The number of Topliss-reactive ketones (excluding diaryl/α,β-unsaturated/α-hetero) is 1. The molecule has 0 radical (unpaired) electrons. The Bertz CT molecular complexity index is 876. The van der Waals surface area contributed by atoms with Crippen LogP contribution in [0, 0.1) is 20.8 Å². The van der Waals surface area contributed by atoms with Crippen LogP contribution in [0.2, 0.25) is 0 Å². The number of hydrogen-bond acceptors (Lipinski definition) is 5. The maximum atomic E-state index is 12.9. The summed E-state index contributed by atoms with van der Waals surface area (Å²) < 4.78 is 2.24. The van der Waals surface area contributed by atoms with Gasteiger partial charge in [0.2, 0.25) is 0 Å². The van der Waals surface area contributed by atoms with Crippen LogP contribution in [-0.4, -0.2) is 57.9 Å². The number of carbonyl (C=O) groups excluding carboxylic acids is 1. The normalized spacial score (nSPS) is 15.6. The summed E-state index contributed by atoms with van der Waals surface area (Å²) in [5.41, 5.74) is 4.12. The lowest BCUT2D eigenvalue weighted by atomic mass is 10.1. The topological polar surface area (TPSA) is 54.3 Å². The van der Waals surface area contributed by atoms with Crippen LogP contribution in [0.1, 0.15) is 72.9 Å². The quantitative estimate of drug-likeness (QED) is 0.692. The van der Waals surface area contributed by atoms with Gasteiger partial charge in [-0.3, -0.25) is 9.69 Å². The smallest absolute Gasteiger partial charge is 0.178 e. The first-order valence-electron chi connectivity index (χ1n) is 10.7. The molecular weight excluding hydrogens is 362 g/mol. The largest absolute Gasteiger partial charge is 0.354 e. The minimum absolute atomic E-state index is 0.221. The minimum Gasteiger partial charge on any atom is -0.354 e. The minimum atomic E-state index is 0.221. The molecule has 29 heavy (non-hydrogen) atoms. The third-order valence-electron chi connectivity index (χ3n) is 5.74. The highest BCUT2D eigenvalue weighted by atomic mass is 16.1. The van der Waals surface area contributed by atoms with Crippen LogP contribution in [0.15, 0.2) is 12.1 Å². The SMILES string of the molecule is Cc1cc(N2CCN(CC(=O)c3cc(C)n(C(C)C)c3C)CC2)nc(C(C)C)n1. The van der Waals surface area contributed by atoms with Gasteiger partial charge in [-0.25, -0.2) is 9.97 Å². The summed E-state index contributed by atoms with van der Waals surface area (Å²) in [6.45, 7) is 18.7. The Morgan fingerprint density at radius 1 is 1.00 bits per heavy atom. The third kappa shape index (κ3) is 4.69. The van der Waals surface area contributed by atoms with E-state index in [-0.39, 0.29) is 5.78 Å². The summed E-state index contributed by atoms with van der Waals surface area (Å²) in [7, 11) is 0. The van der Waals surface area contributed by atoms with Gasteiger partial charge in [0, 0.05) is 66.9 Å². The molecule has 0 atom stereocenters. The highest BCUT2D eigenvalue weighted by Gasteiger charge is 2.23. The number of aryl methyl sites for hydroxylation is 2. The lowest BCUT2D eigenvalue weighted by Gasteiger charge is -2.35. The zero-order valence-corrected chi connectivity index (χ0v) is 19.0. The van der Waals surface area contributed by atoms with Gasteiger partial charge in [0.15, 0.2) is 5.78 Å². The number of piperazine rings is 1. The van der Waals surface area contributed by atoms with Crippen molar-refractivity contribution in [2.45, 2.75) is 60.4 Å². The Morgan fingerprint density at radius 2 is 1.66 bits per heavy atom. The summed E-state index contributed by atoms with van der Waals surface area (Å²) in [5.74, 6) is 2.45. The van der Waals surface area contributed by atoms with Gasteiger partial charge in [0.05, 0.1) is 6.54 Å². The first-order valence-corrected chi connectivity index (χ1v) is 10.7. The number of ketones is 1. The van der Waals surface area contributed by atoms with Crippen molar-refractivity contribution in [1.82, 2.24) is 19.4 Å². The second-order valence-corrected chi connectivity index (χ2v) is 8.82. The first-order chi connectivity index (χ1) is 13.7. The van der Waals surface area contributed by atoms with Crippen LogP contribution in [0.5, 0.6) is 0 Å². The van der Waals surface area contributed by atoms with Gasteiger partial charge in [-0.2, -0.15) is 0 Å². The molecular formula is C23H35N5O. The first kappa shape index (κ1) is 21.5. The molecule has 0 unspecified atom stereocenters. The van der Waals surface area contributed by atoms with Crippen LogP contribution < -0.4 is 4.90 Å². The molecule has 1 aliphatic heterocycles. The Kier molecular flexibility index (Phi) is 6.42. The van der Waals surface area contributed by atoms with Crippen molar-refractivity contribution in [3.8, 4) is 0 Å². The molecule has 2 aromatic rings. The zero-order valence-electron chi connectivity index (χ0n) is 19.0. The van der Waals surface area contributed by atoms with Gasteiger partial charge in [-0.15, -0.1) is 0 Å². The van der Waals surface area contributed by atoms with E-state index in [1.54, 1.807) is 0 Å². The van der Waals surface area contributed by atoms with E-state index in [4.69, 9.17) is 4.98 Å². The average Bonchev–Trinajstić information content (AvgIpc) is 2.96. The number of aromatic nitrogens is 3. The van der Waals surface area contributed by atoms with E-state index in [1.807, 2.05) is 13.0 Å². The standard InChI is InChI=1S/C23H35N5O/c1-15(2)23-24-17(5)12-22(25-23)27-10-8-26(9-11-27)14-21(29)20-13-18(6)28(16(3)4)19(20)7/h12-13,15-16H,8-11,14H2,1-7H3. The van der Waals surface area contributed by atoms with Crippen LogP contribution in [0.3, 0.4) is 0 Å². The molecule has 0 bridgehead atoms. The van der Waals surface area contributed by atoms with Crippen molar-refractivity contribution in [3.63, 3.8) is 0 Å². The summed E-state index contributed by atoms with van der Waals surface area (Å²) in [6.07, 6.45) is 0. The van der Waals surface area contributed by atoms with Crippen LogP contribution >= 0.6 is 0 Å². The third-order valence-corrected chi connectivity index (χ3v) is 5.74. The Morgan fingerprint density at radius 3 is 2.21 bits per heavy atom. The number of rotatable bonds is 6. The average molecular weight is 398 g/mol. The highest BCUT2D eigenvalue weighted by molar-refractivity contribution is 5.99. The van der Waals surface area contributed by atoms with E-state index >= 15 is 0 Å². The van der Waals surface area contributed by atoms with E-state index in [0.29, 0.717) is 18.5 Å². The molecule has 1 fully saturated rings. The molecule has 1 aliphatic rings. The molecule has 158 valence electrons. The van der Waals surface area contributed by atoms with Crippen molar-refractivity contribution in [2.24, 2.45) is 0 Å². The molecule has 3 rings (SSSR count). The maximum absolute atomic E-state index is 12.9. The molecule has 0 saturated carbocycles. The second-order valence-electron chi connectivity index (χ2n) is 8.82. The van der Waals surface area contributed by atoms with E-state index in [2.05, 4.69) is 67.0 Å². The summed E-state index contributed by atoms with van der Waals surface area (Å²) in [5, 5.41) is 0. The molecule has 0 aromatic carbocycles. The van der Waals surface area contributed by atoms with Gasteiger partial charge in [-0.1, -0.05) is 13.8 Å². The number of hydrogen-bond donors (Lipinski definition) is 0. The summed E-state index contributed by atoms with van der Waals surface area (Å²) >= 11 is 0. The van der Waals surface area contributed by atoms with Gasteiger partial charge < -0.3 is 9.47 Å². The van der Waals surface area contributed by atoms with Crippen molar-refractivity contribution in [1.29, 1.82) is 0 Å². The zero-order chi connectivity index (χ0) is 21.3. The van der Waals surface area contributed by atoms with Crippen molar-refractivity contribution in [3.05, 3.63) is 40.6 Å². The molecule has 0 N–H and O–H groups in total.